The summed E-state index contributed by atoms with van der Waals surface area (Å²) in [5, 5.41) is 18.6. The minimum absolute atomic E-state index is 0.0362. The number of carbonyl (C=O) groups is 2. The molecule has 0 aromatic rings. The number of hydrogen-bond acceptors (Lipinski definition) is 7. The van der Waals surface area contributed by atoms with Crippen LogP contribution in [0, 0.1) is 28.6 Å². The van der Waals surface area contributed by atoms with Gasteiger partial charge in [0.25, 0.3) is 0 Å². The highest BCUT2D eigenvalue weighted by atomic mass is 32.2. The predicted octanol–water partition coefficient (Wildman–Crippen LogP) is 2.48. The molecule has 1 aliphatic carbocycles. The fraction of sp³-hybridized carbons (Fsp3) is 0.500. The van der Waals surface area contributed by atoms with Crippen molar-refractivity contribution in [3.63, 3.8) is 0 Å². The molecular formula is C16H18N2O4S. The first-order chi connectivity index (χ1) is 11.0. The van der Waals surface area contributed by atoms with E-state index in [1.54, 1.807) is 6.26 Å². The third-order valence-corrected chi connectivity index (χ3v) is 4.64. The predicted molar refractivity (Wildman–Crippen MR) is 84.8 cm³/mol. The molecule has 1 aliphatic rings. The first kappa shape index (κ1) is 18.8. The van der Waals surface area contributed by atoms with Gasteiger partial charge in [0.2, 0.25) is 0 Å². The molecule has 0 aromatic carbocycles. The Hall–Kier alpha value is -2.25. The highest BCUT2D eigenvalue weighted by Crippen LogP contribution is 2.41. The van der Waals surface area contributed by atoms with Crippen LogP contribution in [-0.4, -0.2) is 32.4 Å². The molecule has 1 saturated carbocycles. The van der Waals surface area contributed by atoms with Gasteiger partial charge in [0.15, 0.2) is 0 Å². The standard InChI is InChI=1S/C16H18N2O4S/c1-21-15(19)12(8-17)10-6-4-5-7-11(10)14(23-3)13(9-18)16(20)22-2/h11H,4-7H2,1-3H3/b12-10+,14-13+/t11-/m1/s1. The first-order valence-electron chi connectivity index (χ1n) is 7.03. The van der Waals surface area contributed by atoms with Crippen molar-refractivity contribution in [2.75, 3.05) is 20.5 Å². The average molecular weight is 334 g/mol. The summed E-state index contributed by atoms with van der Waals surface area (Å²) in [7, 11) is 2.43. The number of thioether (sulfide) groups is 1. The third-order valence-electron chi connectivity index (χ3n) is 3.72. The Morgan fingerprint density at radius 1 is 1.13 bits per heavy atom. The molecule has 1 atom stereocenters. The Morgan fingerprint density at radius 2 is 1.78 bits per heavy atom. The van der Waals surface area contributed by atoms with Crippen molar-refractivity contribution in [2.24, 2.45) is 5.92 Å². The number of esters is 2. The minimum atomic E-state index is -0.710. The van der Waals surface area contributed by atoms with Crippen LogP contribution in [-0.2, 0) is 19.1 Å². The van der Waals surface area contributed by atoms with E-state index in [1.807, 2.05) is 12.1 Å². The van der Waals surface area contributed by atoms with E-state index in [2.05, 4.69) is 9.47 Å². The summed E-state index contributed by atoms with van der Waals surface area (Å²) in [6.07, 6.45) is 4.71. The van der Waals surface area contributed by atoms with E-state index in [4.69, 9.17) is 0 Å². The van der Waals surface area contributed by atoms with Crippen molar-refractivity contribution in [1.29, 1.82) is 10.5 Å². The zero-order chi connectivity index (χ0) is 17.4. The Morgan fingerprint density at radius 3 is 2.26 bits per heavy atom. The molecule has 23 heavy (non-hydrogen) atoms. The summed E-state index contributed by atoms with van der Waals surface area (Å²) in [5.74, 6) is -1.72. The normalized spacial score (nSPS) is 20.5. The van der Waals surface area contributed by atoms with Gasteiger partial charge in [-0.2, -0.15) is 10.5 Å². The van der Waals surface area contributed by atoms with Gasteiger partial charge in [-0.15, -0.1) is 11.8 Å². The zero-order valence-electron chi connectivity index (χ0n) is 13.3. The van der Waals surface area contributed by atoms with Crippen molar-refractivity contribution in [3.8, 4) is 12.1 Å². The highest BCUT2D eigenvalue weighted by molar-refractivity contribution is 8.02. The number of allylic oxidation sites excluding steroid dienone is 2. The van der Waals surface area contributed by atoms with Gasteiger partial charge in [-0.3, -0.25) is 0 Å². The van der Waals surface area contributed by atoms with E-state index < -0.39 is 11.9 Å². The Labute approximate surface area is 139 Å². The van der Waals surface area contributed by atoms with Crippen LogP contribution in [0.1, 0.15) is 25.7 Å². The van der Waals surface area contributed by atoms with E-state index in [0.717, 1.165) is 12.8 Å². The molecule has 122 valence electrons. The fourth-order valence-electron chi connectivity index (χ4n) is 2.67. The maximum atomic E-state index is 11.8. The van der Waals surface area contributed by atoms with E-state index in [1.165, 1.54) is 26.0 Å². The average Bonchev–Trinajstić information content (AvgIpc) is 2.59. The van der Waals surface area contributed by atoms with Gasteiger partial charge in [0.1, 0.15) is 23.3 Å². The van der Waals surface area contributed by atoms with Gasteiger partial charge in [0, 0.05) is 10.8 Å². The molecule has 1 fully saturated rings. The lowest BCUT2D eigenvalue weighted by Gasteiger charge is -2.28. The van der Waals surface area contributed by atoms with Crippen LogP contribution >= 0.6 is 11.8 Å². The molecule has 0 aliphatic heterocycles. The van der Waals surface area contributed by atoms with Crippen LogP contribution in [0.25, 0.3) is 0 Å². The molecule has 0 N–H and O–H groups in total. The van der Waals surface area contributed by atoms with Crippen molar-refractivity contribution in [2.45, 2.75) is 25.7 Å². The van der Waals surface area contributed by atoms with Crippen LogP contribution in [0.3, 0.4) is 0 Å². The number of hydrogen-bond donors (Lipinski definition) is 0. The molecule has 0 heterocycles. The second-order valence-electron chi connectivity index (χ2n) is 4.85. The zero-order valence-corrected chi connectivity index (χ0v) is 14.2. The van der Waals surface area contributed by atoms with Gasteiger partial charge in [0.05, 0.1) is 14.2 Å². The van der Waals surface area contributed by atoms with Crippen LogP contribution in [0.5, 0.6) is 0 Å². The molecule has 0 bridgehead atoms. The lowest BCUT2D eigenvalue weighted by molar-refractivity contribution is -0.136. The maximum Gasteiger partial charge on any atom is 0.349 e. The summed E-state index contributed by atoms with van der Waals surface area (Å²) < 4.78 is 9.34. The Balaban J connectivity index is 3.51. The summed E-state index contributed by atoms with van der Waals surface area (Å²) in [4.78, 5) is 24.2. The van der Waals surface area contributed by atoms with Crippen LogP contribution in [0.2, 0.25) is 0 Å². The first-order valence-corrected chi connectivity index (χ1v) is 8.26. The number of methoxy groups -OCH3 is 2. The number of carbonyl (C=O) groups excluding carboxylic acids is 2. The van der Waals surface area contributed by atoms with Crippen molar-refractivity contribution in [3.05, 3.63) is 21.6 Å². The van der Waals surface area contributed by atoms with E-state index in [-0.39, 0.29) is 17.1 Å². The molecule has 0 saturated heterocycles. The van der Waals surface area contributed by atoms with Gasteiger partial charge >= 0.3 is 11.9 Å². The molecular weight excluding hydrogens is 316 g/mol. The van der Waals surface area contributed by atoms with E-state index >= 15 is 0 Å². The third kappa shape index (κ3) is 4.14. The minimum Gasteiger partial charge on any atom is -0.465 e. The summed E-state index contributed by atoms with van der Waals surface area (Å²) in [6, 6.07) is 3.79. The fourth-order valence-corrected chi connectivity index (χ4v) is 3.55. The van der Waals surface area contributed by atoms with E-state index in [0.29, 0.717) is 23.3 Å². The molecule has 7 heteroatoms. The largest absolute Gasteiger partial charge is 0.465 e. The monoisotopic (exact) mass is 334 g/mol. The van der Waals surface area contributed by atoms with Gasteiger partial charge in [-0.1, -0.05) is 6.42 Å². The molecule has 0 unspecified atom stereocenters. The van der Waals surface area contributed by atoms with Crippen LogP contribution < -0.4 is 0 Å². The highest BCUT2D eigenvalue weighted by Gasteiger charge is 2.31. The van der Waals surface area contributed by atoms with Gasteiger partial charge in [-0.05, 0) is 31.1 Å². The maximum absolute atomic E-state index is 11.8. The summed E-state index contributed by atoms with van der Waals surface area (Å²) in [5.41, 5.74) is 0.518. The second kappa shape index (κ2) is 9.02. The Kier molecular flexibility index (Phi) is 7.37. The number of ether oxygens (including phenoxy) is 2. The Bertz CT molecular complexity index is 593. The number of rotatable bonds is 4. The van der Waals surface area contributed by atoms with Gasteiger partial charge in [-0.25, -0.2) is 9.59 Å². The molecule has 0 spiro atoms. The van der Waals surface area contributed by atoms with E-state index in [9.17, 15) is 20.1 Å². The summed E-state index contributed by atoms with van der Waals surface area (Å²) >= 11 is 1.26. The molecule has 1 rings (SSSR count). The van der Waals surface area contributed by atoms with Crippen LogP contribution in [0.15, 0.2) is 21.6 Å². The number of nitriles is 2. The summed E-state index contributed by atoms with van der Waals surface area (Å²) in [6.45, 7) is 0. The number of nitrogens with zero attached hydrogens (tertiary/aromatic N) is 2. The van der Waals surface area contributed by atoms with Crippen molar-refractivity contribution in [1.82, 2.24) is 0 Å². The van der Waals surface area contributed by atoms with Gasteiger partial charge < -0.3 is 9.47 Å². The molecule has 0 aromatic heterocycles. The van der Waals surface area contributed by atoms with Crippen molar-refractivity contribution >= 4 is 23.7 Å². The molecule has 0 amide bonds. The smallest absolute Gasteiger partial charge is 0.349 e. The van der Waals surface area contributed by atoms with Crippen LogP contribution in [0.4, 0.5) is 0 Å². The molecule has 6 nitrogen and oxygen atoms in total. The lowest BCUT2D eigenvalue weighted by atomic mass is 9.80. The SMILES string of the molecule is COC(=O)/C(C#N)=C1\CCCC[C@H]1/C(SC)=C(/C#N)C(=O)OC. The quantitative estimate of drug-likeness (QED) is 0.442. The second-order valence-corrected chi connectivity index (χ2v) is 5.70. The topological polar surface area (TPSA) is 100 Å². The lowest BCUT2D eigenvalue weighted by Crippen LogP contribution is -2.20. The molecule has 0 radical (unpaired) electrons. The van der Waals surface area contributed by atoms with Crippen molar-refractivity contribution < 1.29 is 19.1 Å².